The number of hydrogen-bond donors (Lipinski definition) is 1. The summed E-state index contributed by atoms with van der Waals surface area (Å²) in [5.74, 6) is -0.622. The van der Waals surface area contributed by atoms with Crippen molar-refractivity contribution in [3.63, 3.8) is 0 Å². The molecule has 2 rings (SSSR count). The van der Waals surface area contributed by atoms with E-state index in [1.807, 2.05) is 30.3 Å². The van der Waals surface area contributed by atoms with E-state index in [0.29, 0.717) is 6.54 Å². The molecule has 0 saturated carbocycles. The van der Waals surface area contributed by atoms with Gasteiger partial charge in [-0.15, -0.1) is 0 Å². The number of nitro groups is 1. The predicted octanol–water partition coefficient (Wildman–Crippen LogP) is 1.34. The van der Waals surface area contributed by atoms with E-state index < -0.39 is 10.8 Å². The van der Waals surface area contributed by atoms with Crippen LogP contribution in [0.15, 0.2) is 48.0 Å². The molecular formula is C11H10N4O3. The van der Waals surface area contributed by atoms with Crippen molar-refractivity contribution < 1.29 is 10.1 Å². The lowest BCUT2D eigenvalue weighted by atomic mass is 10.2. The molecule has 2 aromatic rings. The van der Waals surface area contributed by atoms with E-state index in [9.17, 15) is 10.1 Å². The summed E-state index contributed by atoms with van der Waals surface area (Å²) in [5.41, 5.74) is 1.13. The van der Waals surface area contributed by atoms with Gasteiger partial charge < -0.3 is 19.9 Å². The monoisotopic (exact) mass is 246 g/mol. The Bertz CT molecular complexity index is 577. The number of amidine groups is 1. The molecule has 1 aromatic carbocycles. The summed E-state index contributed by atoms with van der Waals surface area (Å²) in [6, 6.07) is 9.42. The third-order valence-corrected chi connectivity index (χ3v) is 2.40. The van der Waals surface area contributed by atoms with Crippen molar-refractivity contribution in [2.75, 3.05) is 0 Å². The van der Waals surface area contributed by atoms with Crippen LogP contribution in [0.2, 0.25) is 0 Å². The number of aromatic nitrogens is 2. The van der Waals surface area contributed by atoms with Crippen LogP contribution in [0.3, 0.4) is 0 Å². The predicted molar refractivity (Wildman–Crippen MR) is 63.1 cm³/mol. The van der Waals surface area contributed by atoms with Gasteiger partial charge in [-0.1, -0.05) is 30.3 Å². The largest absolute Gasteiger partial charge is 0.434 e. The van der Waals surface area contributed by atoms with E-state index >= 15 is 0 Å². The maximum absolute atomic E-state index is 10.7. The molecule has 0 spiro atoms. The highest BCUT2D eigenvalue weighted by atomic mass is 16.6. The van der Waals surface area contributed by atoms with Gasteiger partial charge in [0.15, 0.2) is 10.8 Å². The van der Waals surface area contributed by atoms with Gasteiger partial charge in [-0.3, -0.25) is 0 Å². The van der Waals surface area contributed by atoms with E-state index in [2.05, 4.69) is 10.1 Å². The quantitative estimate of drug-likeness (QED) is 0.291. The number of nitrogens with zero attached hydrogens (tertiary/aromatic N) is 4. The standard InChI is InChI=1S/C11H10N4O3/c16-13-11(15(17)18)10-6-12-8-14(10)7-9-4-2-1-3-5-9/h1-6,8,16H,7H2/b13-11-. The van der Waals surface area contributed by atoms with E-state index in [0.717, 1.165) is 5.56 Å². The molecule has 0 unspecified atom stereocenters. The molecule has 0 saturated heterocycles. The smallest absolute Gasteiger partial charge is 0.358 e. The van der Waals surface area contributed by atoms with Gasteiger partial charge in [0.05, 0.1) is 12.5 Å². The first-order valence-corrected chi connectivity index (χ1v) is 5.13. The molecule has 7 heteroatoms. The van der Waals surface area contributed by atoms with E-state index in [1.54, 1.807) is 4.57 Å². The molecule has 1 N–H and O–H groups in total. The Kier molecular flexibility index (Phi) is 3.33. The van der Waals surface area contributed by atoms with Crippen LogP contribution in [0.25, 0.3) is 0 Å². The first-order chi connectivity index (χ1) is 8.72. The fourth-order valence-electron chi connectivity index (χ4n) is 1.59. The molecule has 0 fully saturated rings. The second-order valence-corrected chi connectivity index (χ2v) is 3.57. The average Bonchev–Trinajstić information content (AvgIpc) is 2.79. The Morgan fingerprint density at radius 1 is 1.44 bits per heavy atom. The molecule has 0 atom stereocenters. The van der Waals surface area contributed by atoms with Gasteiger partial charge >= 0.3 is 5.84 Å². The third kappa shape index (κ3) is 2.34. The maximum atomic E-state index is 10.7. The summed E-state index contributed by atoms with van der Waals surface area (Å²) in [4.78, 5) is 13.8. The average molecular weight is 246 g/mol. The van der Waals surface area contributed by atoms with Crippen LogP contribution >= 0.6 is 0 Å². The van der Waals surface area contributed by atoms with Crippen molar-refractivity contribution in [1.82, 2.24) is 9.55 Å². The zero-order valence-corrected chi connectivity index (χ0v) is 9.30. The number of oxime groups is 1. The van der Waals surface area contributed by atoms with Crippen LogP contribution < -0.4 is 0 Å². The fourth-order valence-corrected chi connectivity index (χ4v) is 1.59. The van der Waals surface area contributed by atoms with Gasteiger partial charge in [-0.25, -0.2) is 4.98 Å². The van der Waals surface area contributed by atoms with Crippen LogP contribution in [0.5, 0.6) is 0 Å². The zero-order valence-electron chi connectivity index (χ0n) is 9.30. The lowest BCUT2D eigenvalue weighted by molar-refractivity contribution is -0.351. The van der Waals surface area contributed by atoms with E-state index in [-0.39, 0.29) is 5.69 Å². The molecule has 92 valence electrons. The number of rotatable bonds is 3. The maximum Gasteiger partial charge on any atom is 0.434 e. The van der Waals surface area contributed by atoms with Gasteiger partial charge in [0.2, 0.25) is 0 Å². The molecule has 0 aliphatic rings. The van der Waals surface area contributed by atoms with Crippen molar-refractivity contribution in [1.29, 1.82) is 0 Å². The lowest BCUT2D eigenvalue weighted by Gasteiger charge is -2.05. The van der Waals surface area contributed by atoms with Gasteiger partial charge in [0, 0.05) is 6.54 Å². The number of hydrogen-bond acceptors (Lipinski definition) is 5. The summed E-state index contributed by atoms with van der Waals surface area (Å²) in [6.07, 6.45) is 2.75. The number of imidazole rings is 1. The SMILES string of the molecule is O=[N+]([O-])/C(=N\O)c1cncn1Cc1ccccc1. The van der Waals surface area contributed by atoms with Gasteiger partial charge in [-0.2, -0.15) is 0 Å². The molecule has 1 aromatic heterocycles. The normalized spacial score (nSPS) is 11.4. The highest BCUT2D eigenvalue weighted by Crippen LogP contribution is 2.07. The molecule has 0 radical (unpaired) electrons. The van der Waals surface area contributed by atoms with Crippen molar-refractivity contribution in [2.24, 2.45) is 5.16 Å². The van der Waals surface area contributed by atoms with Gasteiger partial charge in [0.25, 0.3) is 0 Å². The summed E-state index contributed by atoms with van der Waals surface area (Å²) < 4.78 is 1.55. The zero-order chi connectivity index (χ0) is 13.0. The summed E-state index contributed by atoms with van der Waals surface area (Å²) >= 11 is 0. The highest BCUT2D eigenvalue weighted by molar-refractivity contribution is 5.90. The van der Waals surface area contributed by atoms with Crippen molar-refractivity contribution in [3.8, 4) is 0 Å². The Morgan fingerprint density at radius 2 is 2.17 bits per heavy atom. The molecule has 0 aliphatic heterocycles. The Morgan fingerprint density at radius 3 is 2.78 bits per heavy atom. The van der Waals surface area contributed by atoms with Crippen molar-refractivity contribution in [2.45, 2.75) is 6.54 Å². The Balaban J connectivity index is 2.31. The molecule has 18 heavy (non-hydrogen) atoms. The van der Waals surface area contributed by atoms with Crippen LogP contribution in [-0.2, 0) is 6.54 Å². The summed E-state index contributed by atoms with van der Waals surface area (Å²) in [6.45, 7) is 0.420. The van der Waals surface area contributed by atoms with E-state index in [1.165, 1.54) is 12.5 Å². The second-order valence-electron chi connectivity index (χ2n) is 3.57. The van der Waals surface area contributed by atoms with Gasteiger partial charge in [-0.05, 0) is 10.5 Å². The fraction of sp³-hybridized carbons (Fsp3) is 0.0909. The molecule has 0 bridgehead atoms. The minimum absolute atomic E-state index is 0.159. The first-order valence-electron chi connectivity index (χ1n) is 5.13. The first kappa shape index (κ1) is 11.8. The minimum Gasteiger partial charge on any atom is -0.358 e. The summed E-state index contributed by atoms with van der Waals surface area (Å²) in [5, 5.41) is 22.1. The van der Waals surface area contributed by atoms with E-state index in [4.69, 9.17) is 5.21 Å². The molecule has 0 aliphatic carbocycles. The molecule has 0 amide bonds. The van der Waals surface area contributed by atoms with Crippen LogP contribution in [0.1, 0.15) is 11.3 Å². The lowest BCUT2D eigenvalue weighted by Crippen LogP contribution is -2.18. The Hall–Kier alpha value is -2.70. The second kappa shape index (κ2) is 5.09. The summed E-state index contributed by atoms with van der Waals surface area (Å²) in [7, 11) is 0. The minimum atomic E-state index is -0.751. The van der Waals surface area contributed by atoms with Crippen LogP contribution in [-0.4, -0.2) is 25.5 Å². The molecule has 1 heterocycles. The van der Waals surface area contributed by atoms with Crippen molar-refractivity contribution in [3.05, 3.63) is 64.2 Å². The molecule has 7 nitrogen and oxygen atoms in total. The van der Waals surface area contributed by atoms with Gasteiger partial charge in [0.1, 0.15) is 0 Å². The van der Waals surface area contributed by atoms with Crippen molar-refractivity contribution >= 4 is 5.84 Å². The topological polar surface area (TPSA) is 93.6 Å². The van der Waals surface area contributed by atoms with Crippen LogP contribution in [0, 0.1) is 10.1 Å². The van der Waals surface area contributed by atoms with Crippen LogP contribution in [0.4, 0.5) is 0 Å². The highest BCUT2D eigenvalue weighted by Gasteiger charge is 2.21. The third-order valence-electron chi connectivity index (χ3n) is 2.40. The number of benzene rings is 1. The molecular weight excluding hydrogens is 236 g/mol. The Labute approximate surface area is 102 Å².